The lowest BCUT2D eigenvalue weighted by molar-refractivity contribution is 0.891. The molecule has 0 saturated carbocycles. The van der Waals surface area contributed by atoms with Crippen LogP contribution in [-0.4, -0.2) is 9.55 Å². The predicted octanol–water partition coefficient (Wildman–Crippen LogP) is 1.24. The predicted molar refractivity (Wildman–Crippen MR) is 51.7 cm³/mol. The van der Waals surface area contributed by atoms with Gasteiger partial charge in [-0.2, -0.15) is 0 Å². The van der Waals surface area contributed by atoms with E-state index in [-0.39, 0.29) is 5.56 Å². The SMILES string of the molecule is Cc1ccc2c(c1)ncc(=O)n2C. The van der Waals surface area contributed by atoms with Crippen LogP contribution in [0.3, 0.4) is 0 Å². The highest BCUT2D eigenvalue weighted by molar-refractivity contribution is 5.75. The summed E-state index contributed by atoms with van der Waals surface area (Å²) in [7, 11) is 1.75. The highest BCUT2D eigenvalue weighted by Crippen LogP contribution is 2.09. The van der Waals surface area contributed by atoms with Crippen molar-refractivity contribution in [2.75, 3.05) is 0 Å². The first-order valence-electron chi connectivity index (χ1n) is 4.11. The number of hydrogen-bond acceptors (Lipinski definition) is 2. The molecule has 1 aromatic carbocycles. The molecule has 66 valence electrons. The monoisotopic (exact) mass is 174 g/mol. The number of benzene rings is 1. The zero-order valence-corrected chi connectivity index (χ0v) is 7.61. The summed E-state index contributed by atoms with van der Waals surface area (Å²) < 4.78 is 1.60. The van der Waals surface area contributed by atoms with E-state index in [0.717, 1.165) is 16.6 Å². The van der Waals surface area contributed by atoms with Crippen molar-refractivity contribution in [2.45, 2.75) is 6.92 Å². The molecule has 0 saturated heterocycles. The van der Waals surface area contributed by atoms with Crippen LogP contribution in [0.5, 0.6) is 0 Å². The second-order valence-electron chi connectivity index (χ2n) is 3.15. The van der Waals surface area contributed by atoms with E-state index in [9.17, 15) is 4.79 Å². The topological polar surface area (TPSA) is 34.9 Å². The standard InChI is InChI=1S/C10H10N2O/c1-7-3-4-9-8(5-7)11-6-10(13)12(9)2/h3-6H,1-2H3. The van der Waals surface area contributed by atoms with Gasteiger partial charge < -0.3 is 4.57 Å². The fraction of sp³-hybridized carbons (Fsp3) is 0.200. The molecule has 2 aromatic rings. The maximum Gasteiger partial charge on any atom is 0.269 e. The van der Waals surface area contributed by atoms with Crippen LogP contribution in [0.4, 0.5) is 0 Å². The first kappa shape index (κ1) is 7.98. The molecular weight excluding hydrogens is 164 g/mol. The third kappa shape index (κ3) is 1.22. The Morgan fingerprint density at radius 1 is 1.38 bits per heavy atom. The second kappa shape index (κ2) is 2.69. The van der Waals surface area contributed by atoms with Gasteiger partial charge in [0.1, 0.15) is 0 Å². The van der Waals surface area contributed by atoms with Crippen molar-refractivity contribution in [1.29, 1.82) is 0 Å². The maximum atomic E-state index is 11.2. The molecule has 0 bridgehead atoms. The molecule has 1 aromatic heterocycles. The average molecular weight is 174 g/mol. The lowest BCUT2D eigenvalue weighted by Gasteiger charge is -2.03. The van der Waals surface area contributed by atoms with E-state index in [4.69, 9.17) is 0 Å². The van der Waals surface area contributed by atoms with Gasteiger partial charge in [-0.05, 0) is 24.6 Å². The summed E-state index contributed by atoms with van der Waals surface area (Å²) in [5.41, 5.74) is 2.82. The minimum absolute atomic E-state index is 0.0728. The first-order chi connectivity index (χ1) is 6.18. The maximum absolute atomic E-state index is 11.2. The lowest BCUT2D eigenvalue weighted by Crippen LogP contribution is -2.16. The van der Waals surface area contributed by atoms with E-state index in [1.807, 2.05) is 25.1 Å². The number of nitrogens with zero attached hydrogens (tertiary/aromatic N) is 2. The zero-order valence-electron chi connectivity index (χ0n) is 7.61. The van der Waals surface area contributed by atoms with Crippen molar-refractivity contribution in [2.24, 2.45) is 7.05 Å². The fourth-order valence-electron chi connectivity index (χ4n) is 1.35. The third-order valence-electron chi connectivity index (χ3n) is 2.14. The first-order valence-corrected chi connectivity index (χ1v) is 4.11. The van der Waals surface area contributed by atoms with Crippen LogP contribution in [0.2, 0.25) is 0 Å². The van der Waals surface area contributed by atoms with Gasteiger partial charge in [-0.25, -0.2) is 4.98 Å². The molecule has 1 heterocycles. The van der Waals surface area contributed by atoms with Crippen molar-refractivity contribution in [3.8, 4) is 0 Å². The van der Waals surface area contributed by atoms with Gasteiger partial charge in [-0.15, -0.1) is 0 Å². The molecule has 0 unspecified atom stereocenters. The Morgan fingerprint density at radius 2 is 2.15 bits per heavy atom. The van der Waals surface area contributed by atoms with Crippen molar-refractivity contribution < 1.29 is 0 Å². The van der Waals surface area contributed by atoms with Crippen LogP contribution in [0, 0.1) is 6.92 Å². The van der Waals surface area contributed by atoms with Gasteiger partial charge in [0.2, 0.25) is 0 Å². The minimum Gasteiger partial charge on any atom is -0.309 e. The molecule has 3 nitrogen and oxygen atoms in total. The largest absolute Gasteiger partial charge is 0.309 e. The molecule has 3 heteroatoms. The van der Waals surface area contributed by atoms with Crippen LogP contribution in [0.1, 0.15) is 5.56 Å². The molecule has 0 atom stereocenters. The Balaban J connectivity index is 2.95. The molecule has 0 aliphatic carbocycles. The van der Waals surface area contributed by atoms with E-state index in [1.54, 1.807) is 11.6 Å². The van der Waals surface area contributed by atoms with Crippen LogP contribution in [0.25, 0.3) is 11.0 Å². The fourth-order valence-corrected chi connectivity index (χ4v) is 1.35. The van der Waals surface area contributed by atoms with E-state index >= 15 is 0 Å². The van der Waals surface area contributed by atoms with Crippen LogP contribution in [-0.2, 0) is 7.05 Å². The summed E-state index contributed by atoms with van der Waals surface area (Å²) in [5, 5.41) is 0. The summed E-state index contributed by atoms with van der Waals surface area (Å²) >= 11 is 0. The van der Waals surface area contributed by atoms with Crippen molar-refractivity contribution in [3.05, 3.63) is 40.3 Å². The zero-order chi connectivity index (χ0) is 9.42. The lowest BCUT2D eigenvalue weighted by atomic mass is 10.2. The Labute approximate surface area is 75.7 Å². The van der Waals surface area contributed by atoms with Gasteiger partial charge in [0.15, 0.2) is 0 Å². The Bertz CT molecular complexity index is 514. The summed E-state index contributed by atoms with van der Waals surface area (Å²) in [5.74, 6) is 0. The van der Waals surface area contributed by atoms with Gasteiger partial charge in [-0.3, -0.25) is 4.79 Å². The quantitative estimate of drug-likeness (QED) is 0.602. The highest BCUT2D eigenvalue weighted by Gasteiger charge is 1.99. The Hall–Kier alpha value is -1.64. The summed E-state index contributed by atoms with van der Waals surface area (Å²) in [6.07, 6.45) is 1.35. The highest BCUT2D eigenvalue weighted by atomic mass is 16.1. The number of hydrogen-bond donors (Lipinski definition) is 0. The third-order valence-corrected chi connectivity index (χ3v) is 2.14. The number of aryl methyl sites for hydroxylation is 2. The second-order valence-corrected chi connectivity index (χ2v) is 3.15. The minimum atomic E-state index is -0.0728. The molecule has 2 rings (SSSR count). The van der Waals surface area contributed by atoms with Crippen molar-refractivity contribution in [1.82, 2.24) is 9.55 Å². The molecule has 0 amide bonds. The van der Waals surface area contributed by atoms with E-state index < -0.39 is 0 Å². The van der Waals surface area contributed by atoms with Crippen molar-refractivity contribution >= 4 is 11.0 Å². The number of fused-ring (bicyclic) bond motifs is 1. The Morgan fingerprint density at radius 3 is 2.92 bits per heavy atom. The molecular formula is C10H10N2O. The van der Waals surface area contributed by atoms with Gasteiger partial charge >= 0.3 is 0 Å². The molecule has 0 aliphatic heterocycles. The summed E-state index contributed by atoms with van der Waals surface area (Å²) in [6.45, 7) is 2.01. The molecule has 0 radical (unpaired) electrons. The molecule has 0 spiro atoms. The van der Waals surface area contributed by atoms with Crippen LogP contribution in [0.15, 0.2) is 29.2 Å². The molecule has 0 N–H and O–H groups in total. The molecule has 13 heavy (non-hydrogen) atoms. The van der Waals surface area contributed by atoms with Gasteiger partial charge in [0.05, 0.1) is 17.2 Å². The number of aromatic nitrogens is 2. The van der Waals surface area contributed by atoms with Crippen LogP contribution < -0.4 is 5.56 Å². The molecule has 0 aliphatic rings. The smallest absolute Gasteiger partial charge is 0.269 e. The van der Waals surface area contributed by atoms with Crippen molar-refractivity contribution in [3.63, 3.8) is 0 Å². The van der Waals surface area contributed by atoms with Gasteiger partial charge in [0, 0.05) is 7.05 Å². The molecule has 0 fully saturated rings. The average Bonchev–Trinajstić information content (AvgIpc) is 2.12. The number of rotatable bonds is 0. The van der Waals surface area contributed by atoms with Gasteiger partial charge in [0.25, 0.3) is 5.56 Å². The van der Waals surface area contributed by atoms with E-state index in [2.05, 4.69) is 4.98 Å². The van der Waals surface area contributed by atoms with E-state index in [0.29, 0.717) is 0 Å². The van der Waals surface area contributed by atoms with E-state index in [1.165, 1.54) is 6.20 Å². The summed E-state index contributed by atoms with van der Waals surface area (Å²) in [6, 6.07) is 5.86. The normalized spacial score (nSPS) is 10.6. The Kier molecular flexibility index (Phi) is 1.65. The van der Waals surface area contributed by atoms with Crippen LogP contribution >= 0.6 is 0 Å². The van der Waals surface area contributed by atoms with Gasteiger partial charge in [-0.1, -0.05) is 6.07 Å². The summed E-state index contributed by atoms with van der Waals surface area (Å²) in [4.78, 5) is 15.3.